The summed E-state index contributed by atoms with van der Waals surface area (Å²) in [5.74, 6) is 1.54. The Morgan fingerprint density at radius 3 is 2.33 bits per heavy atom. The van der Waals surface area contributed by atoms with Crippen LogP contribution in [-0.4, -0.2) is 16.7 Å². The van der Waals surface area contributed by atoms with Gasteiger partial charge in [-0.05, 0) is 54.4 Å². The van der Waals surface area contributed by atoms with E-state index in [2.05, 4.69) is 15.5 Å². The minimum atomic E-state index is -0.262. The fourth-order valence-electron chi connectivity index (χ4n) is 3.23. The molecule has 1 aromatic heterocycles. The van der Waals surface area contributed by atoms with Crippen molar-refractivity contribution in [1.29, 1.82) is 0 Å². The Labute approximate surface area is 174 Å². The predicted molar refractivity (Wildman–Crippen MR) is 112 cm³/mol. The molecular weight excluding hydrogens is 381 g/mol. The molecule has 1 N–H and O–H groups in total. The van der Waals surface area contributed by atoms with Gasteiger partial charge in [-0.25, -0.2) is 4.39 Å². The molecule has 0 aliphatic rings. The van der Waals surface area contributed by atoms with E-state index in [-0.39, 0.29) is 11.9 Å². The molecule has 4 rings (SSSR count). The molecule has 0 saturated heterocycles. The van der Waals surface area contributed by atoms with Crippen molar-refractivity contribution >= 4 is 0 Å². The van der Waals surface area contributed by atoms with Gasteiger partial charge in [0.25, 0.3) is 0 Å². The van der Waals surface area contributed by atoms with Crippen molar-refractivity contribution in [3.8, 4) is 17.1 Å². The maximum Gasteiger partial charge on any atom is 0.240 e. The van der Waals surface area contributed by atoms with E-state index in [1.807, 2.05) is 61.5 Å². The molecule has 0 aliphatic heterocycles. The molecule has 0 aliphatic carbocycles. The van der Waals surface area contributed by atoms with E-state index < -0.39 is 0 Å². The Morgan fingerprint density at radius 1 is 0.933 bits per heavy atom. The minimum Gasteiger partial charge on any atom is -0.494 e. The standard InChI is InChI=1S/C24H22FN3O2/c1-2-29-21-14-10-19(11-15-21)24-27-22(30-28-24)16-26-23(17-6-4-3-5-7-17)18-8-12-20(25)13-9-18/h3-15,23,26H,2,16H2,1H3. The molecule has 0 amide bonds. The van der Waals surface area contributed by atoms with Gasteiger partial charge >= 0.3 is 0 Å². The fourth-order valence-corrected chi connectivity index (χ4v) is 3.23. The van der Waals surface area contributed by atoms with Crippen LogP contribution >= 0.6 is 0 Å². The van der Waals surface area contributed by atoms with Gasteiger partial charge in [-0.15, -0.1) is 0 Å². The van der Waals surface area contributed by atoms with Crippen molar-refractivity contribution in [2.45, 2.75) is 19.5 Å². The molecular formula is C24H22FN3O2. The first kappa shape index (κ1) is 19.8. The first-order valence-corrected chi connectivity index (χ1v) is 9.82. The first-order chi connectivity index (χ1) is 14.7. The van der Waals surface area contributed by atoms with Crippen LogP contribution in [0.15, 0.2) is 83.4 Å². The fraction of sp³-hybridized carbons (Fsp3) is 0.167. The average Bonchev–Trinajstić information content (AvgIpc) is 3.26. The van der Waals surface area contributed by atoms with Crippen molar-refractivity contribution in [2.24, 2.45) is 0 Å². The molecule has 1 unspecified atom stereocenters. The molecule has 0 radical (unpaired) electrons. The van der Waals surface area contributed by atoms with Crippen molar-refractivity contribution < 1.29 is 13.7 Å². The summed E-state index contributed by atoms with van der Waals surface area (Å²) in [5, 5.41) is 7.52. The Morgan fingerprint density at radius 2 is 1.63 bits per heavy atom. The van der Waals surface area contributed by atoms with Crippen LogP contribution in [-0.2, 0) is 6.54 Å². The zero-order chi connectivity index (χ0) is 20.8. The molecule has 1 atom stereocenters. The minimum absolute atomic E-state index is 0.132. The highest BCUT2D eigenvalue weighted by molar-refractivity contribution is 5.55. The number of rotatable bonds is 8. The third kappa shape index (κ3) is 4.72. The van der Waals surface area contributed by atoms with E-state index in [4.69, 9.17) is 9.26 Å². The quantitative estimate of drug-likeness (QED) is 0.441. The van der Waals surface area contributed by atoms with Gasteiger partial charge < -0.3 is 9.26 Å². The summed E-state index contributed by atoms with van der Waals surface area (Å²) in [4.78, 5) is 4.49. The van der Waals surface area contributed by atoms with Gasteiger partial charge in [-0.1, -0.05) is 47.6 Å². The number of halogens is 1. The van der Waals surface area contributed by atoms with Crippen LogP contribution in [0.2, 0.25) is 0 Å². The van der Waals surface area contributed by atoms with Gasteiger partial charge in [0, 0.05) is 5.56 Å². The van der Waals surface area contributed by atoms with E-state index in [1.54, 1.807) is 12.1 Å². The summed E-state index contributed by atoms with van der Waals surface area (Å²) in [6.45, 7) is 2.94. The Kier molecular flexibility index (Phi) is 6.15. The van der Waals surface area contributed by atoms with E-state index in [1.165, 1.54) is 12.1 Å². The number of nitrogens with one attached hydrogen (secondary N) is 1. The van der Waals surface area contributed by atoms with Crippen molar-refractivity contribution in [1.82, 2.24) is 15.5 Å². The maximum atomic E-state index is 13.4. The van der Waals surface area contributed by atoms with Gasteiger partial charge in [0.15, 0.2) is 0 Å². The molecule has 152 valence electrons. The normalized spacial score (nSPS) is 11.9. The Bertz CT molecular complexity index is 1060. The molecule has 0 saturated carbocycles. The van der Waals surface area contributed by atoms with Gasteiger partial charge in [-0.2, -0.15) is 4.98 Å². The molecule has 1 heterocycles. The first-order valence-electron chi connectivity index (χ1n) is 9.82. The zero-order valence-corrected chi connectivity index (χ0v) is 16.6. The second-order valence-electron chi connectivity index (χ2n) is 6.75. The SMILES string of the molecule is CCOc1ccc(-c2noc(CNC(c3ccccc3)c3ccc(F)cc3)n2)cc1. The van der Waals surface area contributed by atoms with Crippen LogP contribution < -0.4 is 10.1 Å². The van der Waals surface area contributed by atoms with Crippen LogP contribution in [0.4, 0.5) is 4.39 Å². The summed E-state index contributed by atoms with van der Waals surface area (Å²) < 4.78 is 24.3. The summed E-state index contributed by atoms with van der Waals surface area (Å²) >= 11 is 0. The molecule has 0 fully saturated rings. The van der Waals surface area contributed by atoms with Gasteiger partial charge in [0.1, 0.15) is 11.6 Å². The van der Waals surface area contributed by atoms with E-state index in [0.29, 0.717) is 24.9 Å². The highest BCUT2D eigenvalue weighted by Gasteiger charge is 2.16. The van der Waals surface area contributed by atoms with E-state index in [9.17, 15) is 4.39 Å². The molecule has 30 heavy (non-hydrogen) atoms. The third-order valence-electron chi connectivity index (χ3n) is 4.69. The van der Waals surface area contributed by atoms with E-state index in [0.717, 1.165) is 22.4 Å². The van der Waals surface area contributed by atoms with Crippen molar-refractivity contribution in [3.63, 3.8) is 0 Å². The topological polar surface area (TPSA) is 60.2 Å². The second kappa shape index (κ2) is 9.33. The smallest absolute Gasteiger partial charge is 0.240 e. The molecule has 4 aromatic rings. The number of aromatic nitrogens is 2. The number of nitrogens with zero attached hydrogens (tertiary/aromatic N) is 2. The number of benzene rings is 3. The highest BCUT2D eigenvalue weighted by Crippen LogP contribution is 2.24. The number of hydrogen-bond donors (Lipinski definition) is 1. The predicted octanol–water partition coefficient (Wildman–Crippen LogP) is 5.15. The lowest BCUT2D eigenvalue weighted by Crippen LogP contribution is -2.22. The van der Waals surface area contributed by atoms with Crippen LogP contribution in [0.25, 0.3) is 11.4 Å². The van der Waals surface area contributed by atoms with Crippen LogP contribution in [0.1, 0.15) is 30.0 Å². The van der Waals surface area contributed by atoms with Gasteiger partial charge in [0.2, 0.25) is 11.7 Å². The average molecular weight is 403 g/mol. The largest absolute Gasteiger partial charge is 0.494 e. The maximum absolute atomic E-state index is 13.4. The lowest BCUT2D eigenvalue weighted by atomic mass is 9.98. The molecule has 0 spiro atoms. The number of hydrogen-bond acceptors (Lipinski definition) is 5. The van der Waals surface area contributed by atoms with E-state index >= 15 is 0 Å². The second-order valence-corrected chi connectivity index (χ2v) is 6.75. The third-order valence-corrected chi connectivity index (χ3v) is 4.69. The highest BCUT2D eigenvalue weighted by atomic mass is 19.1. The molecule has 3 aromatic carbocycles. The van der Waals surface area contributed by atoms with Crippen LogP contribution in [0, 0.1) is 5.82 Å². The molecule has 0 bridgehead atoms. The monoisotopic (exact) mass is 403 g/mol. The Hall–Kier alpha value is -3.51. The van der Waals surface area contributed by atoms with Crippen molar-refractivity contribution in [2.75, 3.05) is 6.61 Å². The Balaban J connectivity index is 1.49. The molecule has 6 heteroatoms. The van der Waals surface area contributed by atoms with Gasteiger partial charge in [-0.3, -0.25) is 5.32 Å². The van der Waals surface area contributed by atoms with Crippen LogP contribution in [0.3, 0.4) is 0 Å². The summed E-state index contributed by atoms with van der Waals surface area (Å²) in [5.41, 5.74) is 2.87. The lowest BCUT2D eigenvalue weighted by Gasteiger charge is -2.19. The van der Waals surface area contributed by atoms with Crippen LogP contribution in [0.5, 0.6) is 5.75 Å². The number of ether oxygens (including phenoxy) is 1. The summed E-state index contributed by atoms with van der Waals surface area (Å²) in [6, 6.07) is 23.9. The lowest BCUT2D eigenvalue weighted by molar-refractivity contribution is 0.340. The summed E-state index contributed by atoms with van der Waals surface area (Å²) in [6.07, 6.45) is 0. The van der Waals surface area contributed by atoms with Gasteiger partial charge in [0.05, 0.1) is 19.2 Å². The zero-order valence-electron chi connectivity index (χ0n) is 16.6. The van der Waals surface area contributed by atoms with Crippen molar-refractivity contribution in [3.05, 3.63) is 102 Å². The molecule has 5 nitrogen and oxygen atoms in total. The summed E-state index contributed by atoms with van der Waals surface area (Å²) in [7, 11) is 0.